The minimum atomic E-state index is -0.223. The van der Waals surface area contributed by atoms with Gasteiger partial charge < -0.3 is 9.80 Å². The van der Waals surface area contributed by atoms with E-state index in [4.69, 9.17) is 0 Å². The maximum atomic E-state index is 12.8. The molecule has 3 rings (SSSR count). The lowest BCUT2D eigenvalue weighted by molar-refractivity contribution is -0.132. The second kappa shape index (κ2) is 8.18. The van der Waals surface area contributed by atoms with E-state index in [1.54, 1.807) is 4.68 Å². The average Bonchev–Trinajstić information content (AvgIpc) is 3.11. The van der Waals surface area contributed by atoms with Gasteiger partial charge in [-0.1, -0.05) is 24.8 Å². The number of piperazine rings is 1. The smallest absolute Gasteiger partial charge is 0.235 e. The fourth-order valence-electron chi connectivity index (χ4n) is 3.02. The molecular weight excluding hydrogens is 348 g/mol. The summed E-state index contributed by atoms with van der Waals surface area (Å²) < 4.78 is 1.70. The Morgan fingerprint density at radius 3 is 2.58 bits per heavy atom. The highest BCUT2D eigenvalue weighted by Gasteiger charge is 2.26. The summed E-state index contributed by atoms with van der Waals surface area (Å²) in [6.07, 6.45) is 0. The molecule has 2 heterocycles. The molecule has 1 aliphatic rings. The van der Waals surface area contributed by atoms with Gasteiger partial charge in [-0.05, 0) is 61.0 Å². The molecule has 1 unspecified atom stereocenters. The molecule has 26 heavy (non-hydrogen) atoms. The van der Waals surface area contributed by atoms with E-state index >= 15 is 0 Å². The summed E-state index contributed by atoms with van der Waals surface area (Å²) in [5.74, 6) is 0.153. The molecule has 0 N–H and O–H groups in total. The predicted molar refractivity (Wildman–Crippen MR) is 103 cm³/mol. The molecule has 1 aliphatic heterocycles. The van der Waals surface area contributed by atoms with Gasteiger partial charge >= 0.3 is 0 Å². The van der Waals surface area contributed by atoms with Gasteiger partial charge in [-0.15, -0.1) is 5.10 Å². The molecule has 1 amide bonds. The van der Waals surface area contributed by atoms with E-state index in [0.29, 0.717) is 5.16 Å². The van der Waals surface area contributed by atoms with Gasteiger partial charge in [0.15, 0.2) is 0 Å². The van der Waals surface area contributed by atoms with Crippen LogP contribution in [0.3, 0.4) is 0 Å². The zero-order valence-electron chi connectivity index (χ0n) is 15.8. The Labute approximate surface area is 158 Å². The quantitative estimate of drug-likeness (QED) is 0.745. The van der Waals surface area contributed by atoms with Crippen LogP contribution in [0, 0.1) is 13.8 Å². The summed E-state index contributed by atoms with van der Waals surface area (Å²) in [7, 11) is 0. The Hall–Kier alpha value is -1.93. The van der Waals surface area contributed by atoms with Crippen LogP contribution in [-0.2, 0) is 4.79 Å². The molecule has 8 heteroatoms. The zero-order valence-corrected chi connectivity index (χ0v) is 16.7. The second-order valence-corrected chi connectivity index (χ2v) is 7.97. The van der Waals surface area contributed by atoms with Crippen molar-refractivity contribution >= 4 is 17.7 Å². The fourth-order valence-corrected chi connectivity index (χ4v) is 3.91. The number of tetrazole rings is 1. The SMILES string of the molecule is CCN1CCN(C(=O)C(C)Sc2nnnn2-c2ccc(C)c(C)c2)CC1. The van der Waals surface area contributed by atoms with Crippen molar-refractivity contribution in [3.05, 3.63) is 29.3 Å². The van der Waals surface area contributed by atoms with Gasteiger partial charge in [-0.25, -0.2) is 0 Å². The fraction of sp³-hybridized carbons (Fsp3) is 0.556. The van der Waals surface area contributed by atoms with E-state index in [2.05, 4.69) is 53.3 Å². The Bertz CT molecular complexity index is 769. The first-order chi connectivity index (χ1) is 12.5. The molecule has 1 aromatic heterocycles. The summed E-state index contributed by atoms with van der Waals surface area (Å²) in [6, 6.07) is 6.12. The second-order valence-electron chi connectivity index (χ2n) is 6.66. The molecule has 1 aromatic carbocycles. The van der Waals surface area contributed by atoms with E-state index < -0.39 is 0 Å². The molecule has 0 aliphatic carbocycles. The molecule has 140 valence electrons. The van der Waals surface area contributed by atoms with Crippen molar-refractivity contribution in [3.8, 4) is 5.69 Å². The van der Waals surface area contributed by atoms with Crippen LogP contribution in [0.15, 0.2) is 23.4 Å². The number of amides is 1. The number of thioether (sulfide) groups is 1. The molecule has 1 saturated heterocycles. The number of aryl methyl sites for hydroxylation is 2. The van der Waals surface area contributed by atoms with Crippen molar-refractivity contribution in [1.29, 1.82) is 0 Å². The van der Waals surface area contributed by atoms with Crippen molar-refractivity contribution < 1.29 is 4.79 Å². The molecule has 0 bridgehead atoms. The summed E-state index contributed by atoms with van der Waals surface area (Å²) in [5, 5.41) is 12.5. The van der Waals surface area contributed by atoms with Crippen LogP contribution in [0.2, 0.25) is 0 Å². The van der Waals surface area contributed by atoms with Crippen LogP contribution >= 0.6 is 11.8 Å². The minimum Gasteiger partial charge on any atom is -0.339 e. The predicted octanol–water partition coefficient (Wildman–Crippen LogP) is 1.92. The van der Waals surface area contributed by atoms with Crippen molar-refractivity contribution in [1.82, 2.24) is 30.0 Å². The molecule has 7 nitrogen and oxygen atoms in total. The van der Waals surface area contributed by atoms with E-state index in [9.17, 15) is 4.79 Å². The van der Waals surface area contributed by atoms with Crippen LogP contribution in [0.25, 0.3) is 5.69 Å². The van der Waals surface area contributed by atoms with Crippen molar-refractivity contribution in [2.24, 2.45) is 0 Å². The van der Waals surface area contributed by atoms with E-state index in [1.807, 2.05) is 17.9 Å². The van der Waals surface area contributed by atoms with Crippen molar-refractivity contribution in [2.75, 3.05) is 32.7 Å². The first kappa shape index (κ1) is 18.8. The number of hydrogen-bond acceptors (Lipinski definition) is 6. The number of hydrogen-bond donors (Lipinski definition) is 0. The Morgan fingerprint density at radius 2 is 1.92 bits per heavy atom. The zero-order chi connectivity index (χ0) is 18.7. The Morgan fingerprint density at radius 1 is 1.19 bits per heavy atom. The third-order valence-electron chi connectivity index (χ3n) is 4.94. The number of nitrogens with zero attached hydrogens (tertiary/aromatic N) is 6. The summed E-state index contributed by atoms with van der Waals surface area (Å²) >= 11 is 1.41. The van der Waals surface area contributed by atoms with Gasteiger partial charge in [-0.2, -0.15) is 4.68 Å². The molecule has 2 aromatic rings. The summed E-state index contributed by atoms with van der Waals surface area (Å²) in [5.41, 5.74) is 3.33. The standard InChI is InChI=1S/C18H26N6OS/c1-5-22-8-10-23(11-9-22)17(25)15(4)26-18-19-20-21-24(18)16-7-6-13(2)14(3)12-16/h6-7,12,15H,5,8-11H2,1-4H3. The number of aromatic nitrogens is 4. The highest BCUT2D eigenvalue weighted by atomic mass is 32.2. The largest absolute Gasteiger partial charge is 0.339 e. The van der Waals surface area contributed by atoms with Crippen molar-refractivity contribution in [2.45, 2.75) is 38.1 Å². The number of carbonyl (C=O) groups is 1. The molecule has 1 fully saturated rings. The molecule has 0 radical (unpaired) electrons. The maximum absolute atomic E-state index is 12.8. The first-order valence-electron chi connectivity index (χ1n) is 9.03. The molecule has 1 atom stereocenters. The van der Waals surface area contributed by atoms with E-state index in [-0.39, 0.29) is 11.2 Å². The summed E-state index contributed by atoms with van der Waals surface area (Å²) in [6.45, 7) is 12.7. The number of benzene rings is 1. The number of rotatable bonds is 5. The van der Waals surface area contributed by atoms with Gasteiger partial charge in [0.1, 0.15) is 0 Å². The van der Waals surface area contributed by atoms with Gasteiger partial charge in [0, 0.05) is 26.2 Å². The van der Waals surface area contributed by atoms with Gasteiger partial charge in [0.05, 0.1) is 10.9 Å². The van der Waals surface area contributed by atoms with Gasteiger partial charge in [0.2, 0.25) is 11.1 Å². The highest BCUT2D eigenvalue weighted by molar-refractivity contribution is 8.00. The van der Waals surface area contributed by atoms with E-state index in [1.165, 1.54) is 22.9 Å². The van der Waals surface area contributed by atoms with Crippen LogP contribution in [0.5, 0.6) is 0 Å². The third kappa shape index (κ3) is 4.07. The lowest BCUT2D eigenvalue weighted by atomic mass is 10.1. The molecule has 0 saturated carbocycles. The molecule has 0 spiro atoms. The third-order valence-corrected chi connectivity index (χ3v) is 5.96. The van der Waals surface area contributed by atoms with Crippen LogP contribution in [0.4, 0.5) is 0 Å². The normalized spacial score (nSPS) is 16.7. The number of carbonyl (C=O) groups excluding carboxylic acids is 1. The summed E-state index contributed by atoms with van der Waals surface area (Å²) in [4.78, 5) is 17.1. The van der Waals surface area contributed by atoms with Gasteiger partial charge in [0.25, 0.3) is 0 Å². The van der Waals surface area contributed by atoms with Crippen LogP contribution in [-0.4, -0.2) is 73.9 Å². The van der Waals surface area contributed by atoms with Crippen LogP contribution in [0.1, 0.15) is 25.0 Å². The monoisotopic (exact) mass is 374 g/mol. The van der Waals surface area contributed by atoms with Crippen molar-refractivity contribution in [3.63, 3.8) is 0 Å². The van der Waals surface area contributed by atoms with Gasteiger partial charge in [-0.3, -0.25) is 4.79 Å². The topological polar surface area (TPSA) is 67.2 Å². The Balaban J connectivity index is 1.68. The highest BCUT2D eigenvalue weighted by Crippen LogP contribution is 2.25. The Kier molecular flexibility index (Phi) is 5.93. The lowest BCUT2D eigenvalue weighted by Crippen LogP contribution is -2.50. The minimum absolute atomic E-state index is 0.153. The first-order valence-corrected chi connectivity index (χ1v) is 9.91. The lowest BCUT2D eigenvalue weighted by Gasteiger charge is -2.35. The number of likely N-dealkylation sites (N-methyl/N-ethyl adjacent to an activating group) is 1. The van der Waals surface area contributed by atoms with Crippen LogP contribution < -0.4 is 0 Å². The average molecular weight is 375 g/mol. The molecular formula is C18H26N6OS. The maximum Gasteiger partial charge on any atom is 0.235 e. The van der Waals surface area contributed by atoms with E-state index in [0.717, 1.165) is 38.4 Å².